The number of fused-ring (bicyclic) bond motifs is 1. The molecule has 2 aliphatic heterocycles. The van der Waals surface area contributed by atoms with Crippen LogP contribution in [0.5, 0.6) is 5.75 Å². The molecule has 2 fully saturated rings. The summed E-state index contributed by atoms with van der Waals surface area (Å²) in [7, 11) is 1.70. The van der Waals surface area contributed by atoms with Crippen LogP contribution >= 0.6 is 0 Å². The normalized spacial score (nSPS) is 23.7. The molecule has 202 valence electrons. The quantitative estimate of drug-likeness (QED) is 0.473. The molecule has 0 radical (unpaired) electrons. The molecule has 1 amide bonds. The van der Waals surface area contributed by atoms with E-state index in [9.17, 15) is 14.3 Å². The molecule has 0 spiro atoms. The van der Waals surface area contributed by atoms with Gasteiger partial charge in [-0.3, -0.25) is 0 Å². The average molecular weight is 525 g/mol. The van der Waals surface area contributed by atoms with Gasteiger partial charge in [0.25, 0.3) is 0 Å². The second-order valence-corrected chi connectivity index (χ2v) is 10.5. The predicted octanol–water partition coefficient (Wildman–Crippen LogP) is 4.02. The number of halogens is 1. The van der Waals surface area contributed by atoms with E-state index in [2.05, 4.69) is 34.1 Å². The highest BCUT2D eigenvalue weighted by Crippen LogP contribution is 2.34. The molecule has 0 aliphatic carbocycles. The predicted molar refractivity (Wildman–Crippen MR) is 142 cm³/mol. The number of cyclic esters (lactones) is 1. The van der Waals surface area contributed by atoms with Crippen LogP contribution in [0, 0.1) is 0 Å². The fourth-order valence-corrected chi connectivity index (χ4v) is 4.69. The summed E-state index contributed by atoms with van der Waals surface area (Å²) in [6.45, 7) is 6.88. The van der Waals surface area contributed by atoms with Crippen molar-refractivity contribution < 1.29 is 23.8 Å². The Kier molecular flexibility index (Phi) is 6.95. The number of hydrogen-bond donors (Lipinski definition) is 2. The van der Waals surface area contributed by atoms with Gasteiger partial charge in [-0.1, -0.05) is 19.9 Å². The van der Waals surface area contributed by atoms with Crippen molar-refractivity contribution in [1.82, 2.24) is 19.9 Å². The maximum absolute atomic E-state index is 14.4. The zero-order valence-electron chi connectivity index (χ0n) is 22.0. The van der Waals surface area contributed by atoms with Crippen molar-refractivity contribution in [3.63, 3.8) is 0 Å². The lowest BCUT2D eigenvalue weighted by atomic mass is 9.92. The lowest BCUT2D eigenvalue weighted by molar-refractivity contribution is -0.0332. The molecule has 1 aromatic carbocycles. The van der Waals surface area contributed by atoms with E-state index in [-0.39, 0.29) is 24.6 Å². The van der Waals surface area contributed by atoms with E-state index in [4.69, 9.17) is 9.47 Å². The van der Waals surface area contributed by atoms with Gasteiger partial charge in [0.05, 0.1) is 12.1 Å². The third-order valence-corrected chi connectivity index (χ3v) is 7.31. The molecule has 38 heavy (non-hydrogen) atoms. The molecule has 3 atom stereocenters. The topological polar surface area (TPSA) is 113 Å². The number of aromatic nitrogens is 3. The molecule has 0 saturated carbocycles. The van der Waals surface area contributed by atoms with Crippen LogP contribution in [0.25, 0.3) is 10.8 Å². The number of nitrogens with zero attached hydrogens (tertiary/aromatic N) is 5. The number of carbonyl (C=O) groups excluding carboxylic acids is 1. The molecule has 0 bridgehead atoms. The van der Waals surface area contributed by atoms with E-state index in [0.717, 1.165) is 16.3 Å². The van der Waals surface area contributed by atoms with E-state index < -0.39 is 11.8 Å². The maximum atomic E-state index is 14.4. The van der Waals surface area contributed by atoms with Crippen molar-refractivity contribution in [2.75, 3.05) is 43.6 Å². The van der Waals surface area contributed by atoms with Crippen LogP contribution < -0.4 is 15.0 Å². The smallest absolute Gasteiger partial charge is 0.410 e. The fraction of sp³-hybridized carbons (Fsp3) is 0.481. The zero-order valence-corrected chi connectivity index (χ0v) is 22.0. The largest absolute Gasteiger partial charge is 0.491 e. The van der Waals surface area contributed by atoms with E-state index in [1.807, 2.05) is 18.2 Å². The third kappa shape index (κ3) is 5.15. The Morgan fingerprint density at radius 2 is 2.08 bits per heavy atom. The number of rotatable bonds is 7. The number of alkyl halides is 1. The summed E-state index contributed by atoms with van der Waals surface area (Å²) >= 11 is 0. The SMILES string of the molecule is CC(C)c1ccc(OC[C@@H]2COC(=O)N2C)c2cnc(Nc3ccnc(N4CC[C@@](C)(O)[C@@H](F)C4)n3)cc12. The number of nitrogens with one attached hydrogen (secondary N) is 1. The maximum Gasteiger partial charge on any atom is 0.410 e. The zero-order chi connectivity index (χ0) is 27.0. The minimum absolute atomic E-state index is 0.0299. The van der Waals surface area contributed by atoms with Gasteiger partial charge in [0, 0.05) is 31.4 Å². The van der Waals surface area contributed by atoms with Crippen molar-refractivity contribution >= 4 is 34.4 Å². The number of carbonyl (C=O) groups is 1. The molecule has 2 aromatic heterocycles. The monoisotopic (exact) mass is 524 g/mol. The molecule has 3 aromatic rings. The Morgan fingerprint density at radius 3 is 2.79 bits per heavy atom. The summed E-state index contributed by atoms with van der Waals surface area (Å²) in [5.74, 6) is 2.47. The van der Waals surface area contributed by atoms with Gasteiger partial charge in [0.15, 0.2) is 0 Å². The number of ether oxygens (including phenoxy) is 2. The van der Waals surface area contributed by atoms with E-state index in [0.29, 0.717) is 49.5 Å². The molecule has 2 N–H and O–H groups in total. The summed E-state index contributed by atoms with van der Waals surface area (Å²) in [5.41, 5.74) is -0.192. The Bertz CT molecular complexity index is 1340. The first-order valence-corrected chi connectivity index (χ1v) is 12.8. The van der Waals surface area contributed by atoms with E-state index in [1.165, 1.54) is 6.92 Å². The first-order valence-electron chi connectivity index (χ1n) is 12.8. The second-order valence-electron chi connectivity index (χ2n) is 10.5. The highest BCUT2D eigenvalue weighted by molar-refractivity contribution is 5.92. The first-order chi connectivity index (χ1) is 18.1. The standard InChI is InChI=1S/C27H33FN6O4/c1-16(2)18-5-6-21(37-14-17-15-38-26(35)33(17)4)20-12-30-24(11-19(18)20)31-23-7-9-29-25(32-23)34-10-8-27(3,36)22(28)13-34/h5-7,9,11-12,16-17,22,36H,8,10,13-15H2,1-4H3,(H,29,30,31,32)/t17-,22+,27-/m1/s1. The summed E-state index contributed by atoms with van der Waals surface area (Å²) in [6.07, 6.45) is 1.95. The molecular weight excluding hydrogens is 491 g/mol. The molecule has 2 saturated heterocycles. The molecular formula is C27H33FN6O4. The number of benzene rings is 1. The van der Waals surface area contributed by atoms with Crippen molar-refractivity contribution in [1.29, 1.82) is 0 Å². The number of amides is 1. The van der Waals surface area contributed by atoms with Crippen LogP contribution in [-0.4, -0.2) is 82.2 Å². The van der Waals surface area contributed by atoms with Gasteiger partial charge in [-0.2, -0.15) is 4.98 Å². The summed E-state index contributed by atoms with van der Waals surface area (Å²) in [5, 5.41) is 15.2. The van der Waals surface area contributed by atoms with E-state index in [1.54, 1.807) is 35.3 Å². The number of piperidine rings is 1. The van der Waals surface area contributed by atoms with Gasteiger partial charge >= 0.3 is 6.09 Å². The first kappa shape index (κ1) is 25.9. The molecule has 0 unspecified atom stereocenters. The molecule has 2 aliphatic rings. The van der Waals surface area contributed by atoms with Crippen LogP contribution in [0.1, 0.15) is 38.7 Å². The number of aliphatic hydroxyl groups is 1. The average Bonchev–Trinajstić information content (AvgIpc) is 3.21. The van der Waals surface area contributed by atoms with Gasteiger partial charge in [-0.05, 0) is 48.4 Å². The molecule has 11 heteroatoms. The fourth-order valence-electron chi connectivity index (χ4n) is 4.69. The Balaban J connectivity index is 1.37. The Morgan fingerprint density at radius 1 is 1.26 bits per heavy atom. The number of anilines is 3. The Labute approximate surface area is 220 Å². The number of likely N-dealkylation sites (N-methyl/N-ethyl adjacent to an activating group) is 1. The lowest BCUT2D eigenvalue weighted by Crippen LogP contribution is -2.52. The molecule has 10 nitrogen and oxygen atoms in total. The summed E-state index contributed by atoms with van der Waals surface area (Å²) in [6, 6.07) is 7.53. The minimum atomic E-state index is -1.38. The molecule has 5 rings (SSSR count). The Hall–Kier alpha value is -3.73. The van der Waals surface area contributed by atoms with Crippen LogP contribution in [-0.2, 0) is 4.74 Å². The van der Waals surface area contributed by atoms with Crippen LogP contribution in [0.2, 0.25) is 0 Å². The highest BCUT2D eigenvalue weighted by atomic mass is 19.1. The third-order valence-electron chi connectivity index (χ3n) is 7.31. The van der Waals surface area contributed by atoms with Crippen molar-refractivity contribution in [3.8, 4) is 5.75 Å². The van der Waals surface area contributed by atoms with Gasteiger partial charge in [0.1, 0.15) is 42.8 Å². The minimum Gasteiger partial charge on any atom is -0.491 e. The van der Waals surface area contributed by atoms with Crippen LogP contribution in [0.4, 0.5) is 26.8 Å². The second kappa shape index (κ2) is 10.2. The van der Waals surface area contributed by atoms with Crippen molar-refractivity contribution in [2.45, 2.75) is 50.9 Å². The van der Waals surface area contributed by atoms with Crippen molar-refractivity contribution in [3.05, 3.63) is 42.2 Å². The van der Waals surface area contributed by atoms with Gasteiger partial charge in [-0.25, -0.2) is 19.2 Å². The van der Waals surface area contributed by atoms with Gasteiger partial charge < -0.3 is 29.7 Å². The van der Waals surface area contributed by atoms with Crippen molar-refractivity contribution in [2.24, 2.45) is 0 Å². The summed E-state index contributed by atoms with van der Waals surface area (Å²) < 4.78 is 25.6. The number of pyridine rings is 1. The van der Waals surface area contributed by atoms with Crippen LogP contribution in [0.15, 0.2) is 36.7 Å². The molecule has 4 heterocycles. The van der Waals surface area contributed by atoms with Gasteiger partial charge in [0.2, 0.25) is 5.95 Å². The lowest BCUT2D eigenvalue weighted by Gasteiger charge is -2.38. The number of hydrogen-bond acceptors (Lipinski definition) is 9. The van der Waals surface area contributed by atoms with E-state index >= 15 is 0 Å². The summed E-state index contributed by atoms with van der Waals surface area (Å²) in [4.78, 5) is 28.4. The van der Waals surface area contributed by atoms with Crippen LogP contribution in [0.3, 0.4) is 0 Å². The van der Waals surface area contributed by atoms with Gasteiger partial charge in [-0.15, -0.1) is 0 Å². The highest BCUT2D eigenvalue weighted by Gasteiger charge is 2.38.